The highest BCUT2D eigenvalue weighted by Gasteiger charge is 2.05. The molecule has 0 aliphatic heterocycles. The molecule has 0 spiro atoms. The summed E-state index contributed by atoms with van der Waals surface area (Å²) in [5.74, 6) is 2.29. The molecule has 8 heteroatoms. The fourth-order valence-corrected chi connectivity index (χ4v) is 1.81. The van der Waals surface area contributed by atoms with Crippen molar-refractivity contribution >= 4 is 15.9 Å². The van der Waals surface area contributed by atoms with Gasteiger partial charge in [0.25, 0.3) is 5.89 Å². The van der Waals surface area contributed by atoms with Crippen LogP contribution < -0.4 is 9.47 Å². The van der Waals surface area contributed by atoms with Gasteiger partial charge in [0, 0.05) is 12.4 Å². The Labute approximate surface area is 134 Å². The minimum absolute atomic E-state index is 0.219. The highest BCUT2D eigenvalue weighted by atomic mass is 79.9. The van der Waals surface area contributed by atoms with Gasteiger partial charge in [0.15, 0.2) is 12.4 Å². The van der Waals surface area contributed by atoms with E-state index in [4.69, 9.17) is 14.0 Å². The number of aromatic nitrogens is 4. The van der Waals surface area contributed by atoms with Crippen LogP contribution in [0.1, 0.15) is 11.7 Å². The molecule has 0 radical (unpaired) electrons. The maximum Gasteiger partial charge on any atom is 0.321 e. The Kier molecular flexibility index (Phi) is 4.29. The first-order valence-corrected chi connectivity index (χ1v) is 7.16. The van der Waals surface area contributed by atoms with Crippen LogP contribution in [0.3, 0.4) is 0 Å². The third-order valence-corrected chi connectivity index (χ3v) is 2.97. The molecule has 0 amide bonds. The largest absolute Gasteiger partial charge is 0.484 e. The normalized spacial score (nSPS) is 10.5. The van der Waals surface area contributed by atoms with Crippen LogP contribution in [0, 0.1) is 6.92 Å². The van der Waals surface area contributed by atoms with Gasteiger partial charge in [-0.2, -0.15) is 4.98 Å². The summed E-state index contributed by atoms with van der Waals surface area (Å²) >= 11 is 3.26. The molecule has 22 heavy (non-hydrogen) atoms. The van der Waals surface area contributed by atoms with Gasteiger partial charge in [-0.25, -0.2) is 9.97 Å². The Morgan fingerprint density at radius 2 is 1.77 bits per heavy atom. The molecule has 0 aliphatic carbocycles. The minimum Gasteiger partial charge on any atom is -0.484 e. The van der Waals surface area contributed by atoms with Gasteiger partial charge in [-0.1, -0.05) is 5.16 Å². The first-order valence-electron chi connectivity index (χ1n) is 6.36. The monoisotopic (exact) mass is 362 g/mol. The van der Waals surface area contributed by atoms with Crippen LogP contribution in [-0.2, 0) is 6.61 Å². The number of aryl methyl sites for hydroxylation is 1. The van der Waals surface area contributed by atoms with Crippen LogP contribution in [0.4, 0.5) is 0 Å². The molecule has 0 N–H and O–H groups in total. The Hall–Kier alpha value is -2.48. The van der Waals surface area contributed by atoms with Gasteiger partial charge in [-0.05, 0) is 47.1 Å². The molecule has 1 aromatic carbocycles. The summed E-state index contributed by atoms with van der Waals surface area (Å²) in [5.41, 5.74) is 0. The number of ether oxygens (including phenoxy) is 2. The van der Waals surface area contributed by atoms with E-state index in [2.05, 4.69) is 36.0 Å². The predicted octanol–water partition coefficient (Wildman–Crippen LogP) is 3.30. The molecule has 112 valence electrons. The summed E-state index contributed by atoms with van der Waals surface area (Å²) in [7, 11) is 0. The summed E-state index contributed by atoms with van der Waals surface area (Å²) in [4.78, 5) is 12.1. The standard InChI is InChI=1S/C14H11BrN4O3/c1-9-18-13(22-19-9)8-20-11-2-4-12(5-3-11)21-14-16-6-10(15)7-17-14/h2-7H,8H2,1H3. The second-order valence-corrected chi connectivity index (χ2v) is 5.20. The van der Waals surface area contributed by atoms with E-state index >= 15 is 0 Å². The minimum atomic E-state index is 0.219. The molecule has 2 heterocycles. The lowest BCUT2D eigenvalue weighted by Crippen LogP contribution is -1.96. The molecule has 3 rings (SSSR count). The summed E-state index contributed by atoms with van der Waals surface area (Å²) in [6.45, 7) is 1.97. The lowest BCUT2D eigenvalue weighted by Gasteiger charge is -2.06. The third kappa shape index (κ3) is 3.79. The van der Waals surface area contributed by atoms with Crippen molar-refractivity contribution in [1.29, 1.82) is 0 Å². The first kappa shape index (κ1) is 14.5. The van der Waals surface area contributed by atoms with Crippen LogP contribution in [-0.4, -0.2) is 20.1 Å². The number of benzene rings is 1. The van der Waals surface area contributed by atoms with Gasteiger partial charge < -0.3 is 14.0 Å². The zero-order valence-corrected chi connectivity index (χ0v) is 13.1. The van der Waals surface area contributed by atoms with E-state index < -0.39 is 0 Å². The van der Waals surface area contributed by atoms with E-state index in [0.29, 0.717) is 23.2 Å². The molecule has 0 atom stereocenters. The number of hydrogen-bond acceptors (Lipinski definition) is 7. The Morgan fingerprint density at radius 3 is 2.41 bits per heavy atom. The molecule has 2 aromatic heterocycles. The lowest BCUT2D eigenvalue weighted by molar-refractivity contribution is 0.242. The van der Waals surface area contributed by atoms with Gasteiger partial charge in [0.05, 0.1) is 4.47 Å². The average Bonchev–Trinajstić information content (AvgIpc) is 2.94. The number of nitrogens with zero attached hydrogens (tertiary/aromatic N) is 4. The van der Waals surface area contributed by atoms with Gasteiger partial charge in [-0.3, -0.25) is 0 Å². The van der Waals surface area contributed by atoms with Gasteiger partial charge >= 0.3 is 6.01 Å². The van der Waals surface area contributed by atoms with Crippen molar-refractivity contribution in [3.05, 3.63) is 52.8 Å². The van der Waals surface area contributed by atoms with Crippen LogP contribution >= 0.6 is 15.9 Å². The molecule has 0 unspecified atom stereocenters. The molecule has 0 bridgehead atoms. The second kappa shape index (κ2) is 6.52. The van der Waals surface area contributed by atoms with Crippen molar-refractivity contribution < 1.29 is 14.0 Å². The quantitative estimate of drug-likeness (QED) is 0.688. The topological polar surface area (TPSA) is 83.2 Å². The molecule has 0 aliphatic rings. The van der Waals surface area contributed by atoms with Gasteiger partial charge in [-0.15, -0.1) is 0 Å². The molecule has 0 fully saturated rings. The van der Waals surface area contributed by atoms with Crippen molar-refractivity contribution in [2.75, 3.05) is 0 Å². The fourth-order valence-electron chi connectivity index (χ4n) is 1.61. The summed E-state index contributed by atoms with van der Waals surface area (Å²) in [5, 5.41) is 3.69. The van der Waals surface area contributed by atoms with Crippen molar-refractivity contribution in [1.82, 2.24) is 20.1 Å². The fraction of sp³-hybridized carbons (Fsp3) is 0.143. The summed E-state index contributed by atoms with van der Waals surface area (Å²) in [6.07, 6.45) is 3.23. The van der Waals surface area contributed by atoms with Crippen LogP contribution in [0.25, 0.3) is 0 Å². The van der Waals surface area contributed by atoms with Crippen molar-refractivity contribution in [3.8, 4) is 17.5 Å². The maximum atomic E-state index is 5.54. The predicted molar refractivity (Wildman–Crippen MR) is 79.6 cm³/mol. The van der Waals surface area contributed by atoms with Crippen molar-refractivity contribution in [3.63, 3.8) is 0 Å². The molecule has 0 saturated heterocycles. The van der Waals surface area contributed by atoms with Crippen LogP contribution in [0.2, 0.25) is 0 Å². The summed E-state index contributed by atoms with van der Waals surface area (Å²) < 4.78 is 16.8. The van der Waals surface area contributed by atoms with E-state index in [-0.39, 0.29) is 12.6 Å². The lowest BCUT2D eigenvalue weighted by atomic mass is 10.3. The average molecular weight is 363 g/mol. The van der Waals surface area contributed by atoms with Crippen molar-refractivity contribution in [2.45, 2.75) is 13.5 Å². The van der Waals surface area contributed by atoms with Crippen LogP contribution in [0.15, 0.2) is 45.7 Å². The van der Waals surface area contributed by atoms with Gasteiger partial charge in [0.2, 0.25) is 0 Å². The highest BCUT2D eigenvalue weighted by molar-refractivity contribution is 9.10. The smallest absolute Gasteiger partial charge is 0.321 e. The SMILES string of the molecule is Cc1noc(COc2ccc(Oc3ncc(Br)cn3)cc2)n1. The maximum absolute atomic E-state index is 5.54. The molecule has 7 nitrogen and oxygen atoms in total. The van der Waals surface area contributed by atoms with Crippen molar-refractivity contribution in [2.24, 2.45) is 0 Å². The molecule has 0 saturated carbocycles. The van der Waals surface area contributed by atoms with Crippen LogP contribution in [0.5, 0.6) is 17.5 Å². The summed E-state index contributed by atoms with van der Waals surface area (Å²) in [6, 6.07) is 7.35. The first-order chi connectivity index (χ1) is 10.7. The van der Waals surface area contributed by atoms with Gasteiger partial charge in [0.1, 0.15) is 11.5 Å². The molecular formula is C14H11BrN4O3. The van der Waals surface area contributed by atoms with E-state index in [1.165, 1.54) is 0 Å². The Bertz CT molecular complexity index is 744. The number of hydrogen-bond donors (Lipinski definition) is 0. The van der Waals surface area contributed by atoms with E-state index in [1.54, 1.807) is 43.6 Å². The Balaban J connectivity index is 1.59. The zero-order chi connectivity index (χ0) is 15.4. The molecule has 3 aromatic rings. The third-order valence-electron chi connectivity index (χ3n) is 2.56. The molecular weight excluding hydrogens is 352 g/mol. The number of rotatable bonds is 5. The van der Waals surface area contributed by atoms with E-state index in [1.807, 2.05) is 0 Å². The number of halogens is 1. The van der Waals surface area contributed by atoms with E-state index in [0.717, 1.165) is 4.47 Å². The van der Waals surface area contributed by atoms with E-state index in [9.17, 15) is 0 Å². The Morgan fingerprint density at radius 1 is 1.09 bits per heavy atom. The zero-order valence-electron chi connectivity index (χ0n) is 11.6. The second-order valence-electron chi connectivity index (χ2n) is 4.28. The highest BCUT2D eigenvalue weighted by Crippen LogP contribution is 2.22.